The van der Waals surface area contributed by atoms with Crippen LogP contribution in [0.15, 0.2) is 43.2 Å². The molecule has 3 N–H and O–H groups in total. The maximum Gasteiger partial charge on any atom is 0.258 e. The molecule has 11 heteroatoms. The van der Waals surface area contributed by atoms with Gasteiger partial charge in [0.2, 0.25) is 5.91 Å². The number of benzene rings is 2. The van der Waals surface area contributed by atoms with E-state index in [2.05, 4.69) is 21.9 Å². The molecule has 1 fully saturated rings. The van der Waals surface area contributed by atoms with Gasteiger partial charge in [-0.05, 0) is 55.7 Å². The highest BCUT2D eigenvalue weighted by Gasteiger charge is 2.51. The van der Waals surface area contributed by atoms with Gasteiger partial charge in [-0.1, -0.05) is 6.58 Å². The van der Waals surface area contributed by atoms with E-state index in [-0.39, 0.29) is 52.6 Å². The Morgan fingerprint density at radius 1 is 1.31 bits per heavy atom. The number of likely N-dealkylation sites (N-methyl/N-ethyl adjacent to an activating group) is 1. The molecule has 1 aromatic heterocycles. The summed E-state index contributed by atoms with van der Waals surface area (Å²) in [5, 5.41) is 2.57. The highest BCUT2D eigenvalue weighted by molar-refractivity contribution is 6.05. The lowest BCUT2D eigenvalue weighted by Crippen LogP contribution is -2.29. The molecular formula is C28H27F2N5O4. The average molecular weight is 539 g/mol. The molecule has 1 aliphatic heterocycles. The number of ether oxygens (including phenoxy) is 2. The molecule has 1 spiro atoms. The molecule has 1 aliphatic carbocycles. The Labute approximate surface area is 227 Å². The molecule has 0 atom stereocenters. The van der Waals surface area contributed by atoms with Gasteiger partial charge < -0.3 is 25.4 Å². The number of halogens is 2. The Morgan fingerprint density at radius 2 is 2.10 bits per heavy atom. The molecule has 202 valence electrons. The van der Waals surface area contributed by atoms with Gasteiger partial charge in [0.25, 0.3) is 5.91 Å². The van der Waals surface area contributed by atoms with Crippen molar-refractivity contribution in [1.29, 1.82) is 0 Å². The van der Waals surface area contributed by atoms with Crippen molar-refractivity contribution < 1.29 is 32.0 Å². The van der Waals surface area contributed by atoms with E-state index in [4.69, 9.17) is 19.3 Å². The van der Waals surface area contributed by atoms with E-state index in [1.165, 1.54) is 12.1 Å². The Kier molecular flexibility index (Phi) is 5.74. The predicted octanol–water partition coefficient (Wildman–Crippen LogP) is 4.01. The topological polar surface area (TPSA) is 120 Å². The number of fused-ring (bicyclic) bond motifs is 2. The molecule has 9 nitrogen and oxygen atoms in total. The van der Waals surface area contributed by atoms with Gasteiger partial charge >= 0.3 is 0 Å². The van der Waals surface area contributed by atoms with E-state index in [9.17, 15) is 14.0 Å². The fraction of sp³-hybridized carbons (Fsp3) is 0.286. The summed E-state index contributed by atoms with van der Waals surface area (Å²) in [6.07, 6.45) is 3.80. The fourth-order valence-electron chi connectivity index (χ4n) is 4.54. The fourth-order valence-corrected chi connectivity index (χ4v) is 4.54. The molecule has 2 amide bonds. The van der Waals surface area contributed by atoms with Gasteiger partial charge in [0.05, 0.1) is 18.7 Å². The van der Waals surface area contributed by atoms with Crippen LogP contribution >= 0.6 is 0 Å². The third-order valence-corrected chi connectivity index (χ3v) is 6.95. The lowest BCUT2D eigenvalue weighted by molar-refractivity contribution is -0.125. The SMILES string of the molecule is [2H]C([2H])([2H])N(CCOc1c(N)ncnc1-c1cc(F)cc(NC(=O)c2cc3c(cc2F)C2(CC2)CO3)c1C)C(=O)C=C. The number of amides is 2. The highest BCUT2D eigenvalue weighted by atomic mass is 19.1. The first-order valence-electron chi connectivity index (χ1n) is 13.6. The molecule has 2 aromatic carbocycles. The number of nitrogens with two attached hydrogens (primary N) is 1. The van der Waals surface area contributed by atoms with Gasteiger partial charge in [-0.2, -0.15) is 0 Å². The smallest absolute Gasteiger partial charge is 0.258 e. The zero-order valence-electron chi connectivity index (χ0n) is 24.0. The second kappa shape index (κ2) is 9.97. The third kappa shape index (κ3) is 4.87. The Hall–Kier alpha value is -4.54. The van der Waals surface area contributed by atoms with Crippen LogP contribution in [0.5, 0.6) is 11.5 Å². The molecule has 0 unspecified atom stereocenters. The van der Waals surface area contributed by atoms with Gasteiger partial charge in [-0.25, -0.2) is 18.7 Å². The predicted molar refractivity (Wildman–Crippen MR) is 141 cm³/mol. The Balaban J connectivity index is 1.41. The Morgan fingerprint density at radius 3 is 2.82 bits per heavy atom. The lowest BCUT2D eigenvalue weighted by atomic mass is 9.96. The largest absolute Gasteiger partial charge is 0.492 e. The first-order chi connectivity index (χ1) is 19.8. The summed E-state index contributed by atoms with van der Waals surface area (Å²) in [5.74, 6) is -2.83. The van der Waals surface area contributed by atoms with Crippen LogP contribution in [0.2, 0.25) is 0 Å². The molecule has 3 aromatic rings. The quantitative estimate of drug-likeness (QED) is 0.416. The number of rotatable bonds is 8. The second-order valence-electron chi connectivity index (χ2n) is 9.46. The van der Waals surface area contributed by atoms with Gasteiger partial charge in [0.15, 0.2) is 11.6 Å². The molecular weight excluding hydrogens is 508 g/mol. The summed E-state index contributed by atoms with van der Waals surface area (Å²) in [5.41, 5.74) is 6.99. The number of nitrogen functional groups attached to an aromatic ring is 1. The van der Waals surface area contributed by atoms with E-state index < -0.39 is 30.4 Å². The van der Waals surface area contributed by atoms with Gasteiger partial charge in [0.1, 0.15) is 36.0 Å². The number of nitrogens with one attached hydrogen (secondary N) is 1. The van der Waals surface area contributed by atoms with Crippen molar-refractivity contribution in [2.24, 2.45) is 0 Å². The Bertz CT molecular complexity index is 1610. The van der Waals surface area contributed by atoms with Crippen LogP contribution in [0.4, 0.5) is 20.3 Å². The highest BCUT2D eigenvalue weighted by Crippen LogP contribution is 2.55. The van der Waals surface area contributed by atoms with E-state index >= 15 is 4.39 Å². The number of hydrogen-bond acceptors (Lipinski definition) is 7. The van der Waals surface area contributed by atoms with Crippen molar-refractivity contribution in [3.63, 3.8) is 0 Å². The van der Waals surface area contributed by atoms with Crippen molar-refractivity contribution >= 4 is 23.3 Å². The van der Waals surface area contributed by atoms with Gasteiger partial charge in [-0.15, -0.1) is 0 Å². The van der Waals surface area contributed by atoms with E-state index in [1.54, 1.807) is 6.92 Å². The minimum Gasteiger partial charge on any atom is -0.492 e. The zero-order valence-corrected chi connectivity index (χ0v) is 21.0. The summed E-state index contributed by atoms with van der Waals surface area (Å²) in [4.78, 5) is 33.8. The molecule has 0 saturated heterocycles. The van der Waals surface area contributed by atoms with Crippen LogP contribution in [-0.2, 0) is 10.2 Å². The standard InChI is InChI=1S/C28H27F2N5O4/c1-4-23(36)35(3)7-8-38-25-24(32-14-33-26(25)31)17-9-16(29)10-21(15(17)2)34-27(37)18-11-22-19(12-20(18)30)28(5-6-28)13-39-22/h4,9-12,14H,1,5-8,13H2,2-3H3,(H,34,37)(H2,31,32,33)/i3D3. The minimum absolute atomic E-state index is 0.0442. The maximum atomic E-state index is 15.0. The third-order valence-electron chi connectivity index (χ3n) is 6.95. The van der Waals surface area contributed by atoms with Crippen LogP contribution < -0.4 is 20.5 Å². The molecule has 1 saturated carbocycles. The number of carbonyl (C=O) groups is 2. The summed E-state index contributed by atoms with van der Waals surface area (Å²) in [6.45, 7) is 1.93. The first-order valence-corrected chi connectivity index (χ1v) is 12.1. The van der Waals surface area contributed by atoms with E-state index in [0.717, 1.165) is 42.9 Å². The number of carbonyl (C=O) groups excluding carboxylic acids is 2. The number of nitrogens with zero attached hydrogens (tertiary/aromatic N) is 3. The molecule has 39 heavy (non-hydrogen) atoms. The molecule has 2 aliphatic rings. The number of hydrogen-bond donors (Lipinski definition) is 2. The van der Waals surface area contributed by atoms with Crippen LogP contribution in [0.25, 0.3) is 11.3 Å². The zero-order chi connectivity index (χ0) is 30.4. The molecule has 2 heterocycles. The summed E-state index contributed by atoms with van der Waals surface area (Å²) in [7, 11) is 0. The molecule has 0 bridgehead atoms. The van der Waals surface area contributed by atoms with Gasteiger partial charge in [0, 0.05) is 33.3 Å². The van der Waals surface area contributed by atoms with Crippen molar-refractivity contribution in [3.05, 3.63) is 71.6 Å². The second-order valence-corrected chi connectivity index (χ2v) is 9.46. The summed E-state index contributed by atoms with van der Waals surface area (Å²) >= 11 is 0. The monoisotopic (exact) mass is 538 g/mol. The molecule has 0 radical (unpaired) electrons. The first kappa shape index (κ1) is 22.4. The van der Waals surface area contributed by atoms with E-state index in [0.29, 0.717) is 22.8 Å². The normalized spacial score (nSPS) is 15.8. The van der Waals surface area contributed by atoms with E-state index in [1.807, 2.05) is 0 Å². The van der Waals surface area contributed by atoms with Crippen molar-refractivity contribution in [3.8, 4) is 22.8 Å². The summed E-state index contributed by atoms with van der Waals surface area (Å²) in [6, 6.07) is 4.92. The van der Waals surface area contributed by atoms with Crippen molar-refractivity contribution in [2.75, 3.05) is 37.8 Å². The van der Waals surface area contributed by atoms with Crippen LogP contribution in [-0.4, -0.2) is 53.4 Å². The van der Waals surface area contributed by atoms with Crippen LogP contribution in [0.3, 0.4) is 0 Å². The average Bonchev–Trinajstić information content (AvgIpc) is 3.64. The van der Waals surface area contributed by atoms with Crippen molar-refractivity contribution in [1.82, 2.24) is 14.9 Å². The maximum absolute atomic E-state index is 15.0. The molecule has 5 rings (SSSR count). The number of aromatic nitrogens is 2. The lowest BCUT2D eigenvalue weighted by Gasteiger charge is -2.18. The number of anilines is 2. The van der Waals surface area contributed by atoms with Crippen molar-refractivity contribution in [2.45, 2.75) is 25.2 Å². The summed E-state index contributed by atoms with van der Waals surface area (Å²) < 4.78 is 64.0. The minimum atomic E-state index is -2.74. The van der Waals surface area contributed by atoms with Crippen LogP contribution in [0, 0.1) is 18.6 Å². The van der Waals surface area contributed by atoms with Crippen LogP contribution in [0.1, 0.15) is 38.4 Å². The van der Waals surface area contributed by atoms with Gasteiger partial charge in [-0.3, -0.25) is 9.59 Å².